The van der Waals surface area contributed by atoms with Gasteiger partial charge in [-0.05, 0) is 37.5 Å². The summed E-state index contributed by atoms with van der Waals surface area (Å²) in [4.78, 5) is 4.25. The quantitative estimate of drug-likeness (QED) is 0.396. The Morgan fingerprint density at radius 2 is 2.06 bits per heavy atom. The molecular weight excluding hydrogens is 226 g/mol. The predicted molar refractivity (Wildman–Crippen MR) is 77.0 cm³/mol. The molecule has 2 N–H and O–H groups in total. The van der Waals surface area contributed by atoms with E-state index in [1.165, 1.54) is 12.8 Å². The number of guanidine groups is 1. The number of rotatable bonds is 8. The van der Waals surface area contributed by atoms with Gasteiger partial charge in [-0.2, -0.15) is 0 Å². The molecule has 4 heteroatoms. The smallest absolute Gasteiger partial charge is 0.191 e. The molecule has 1 saturated carbocycles. The maximum Gasteiger partial charge on any atom is 0.191 e. The molecule has 0 heterocycles. The third-order valence-electron chi connectivity index (χ3n) is 3.47. The highest BCUT2D eigenvalue weighted by atomic mass is 16.5. The molecule has 1 aliphatic rings. The second-order valence-electron chi connectivity index (χ2n) is 5.65. The van der Waals surface area contributed by atoms with E-state index < -0.39 is 0 Å². The molecule has 0 aromatic carbocycles. The fraction of sp³-hybridized carbons (Fsp3) is 0.929. The number of nitrogens with zero attached hydrogens (tertiary/aromatic N) is 1. The van der Waals surface area contributed by atoms with Gasteiger partial charge in [-0.15, -0.1) is 0 Å². The largest absolute Gasteiger partial charge is 0.382 e. The Labute approximate surface area is 112 Å². The molecule has 1 fully saturated rings. The van der Waals surface area contributed by atoms with E-state index in [9.17, 15) is 0 Å². The normalized spacial score (nSPS) is 17.9. The maximum atomic E-state index is 5.45. The highest BCUT2D eigenvalue weighted by molar-refractivity contribution is 5.79. The second-order valence-corrected chi connectivity index (χ2v) is 5.65. The van der Waals surface area contributed by atoms with E-state index in [0.717, 1.165) is 38.7 Å². The fourth-order valence-corrected chi connectivity index (χ4v) is 1.92. The Morgan fingerprint density at radius 1 is 1.33 bits per heavy atom. The van der Waals surface area contributed by atoms with Crippen molar-refractivity contribution in [1.82, 2.24) is 10.6 Å². The lowest BCUT2D eigenvalue weighted by Gasteiger charge is -2.19. The van der Waals surface area contributed by atoms with Gasteiger partial charge in [0.15, 0.2) is 5.96 Å². The van der Waals surface area contributed by atoms with Gasteiger partial charge in [0.05, 0.1) is 0 Å². The first-order valence-electron chi connectivity index (χ1n) is 7.14. The van der Waals surface area contributed by atoms with Crippen LogP contribution in [0, 0.1) is 11.3 Å². The second kappa shape index (κ2) is 7.62. The summed E-state index contributed by atoms with van der Waals surface area (Å²) in [6.45, 7) is 10.1. The number of aliphatic imine (C=N–C) groups is 1. The molecule has 0 unspecified atom stereocenters. The zero-order valence-corrected chi connectivity index (χ0v) is 12.4. The van der Waals surface area contributed by atoms with Crippen LogP contribution < -0.4 is 10.6 Å². The SMILES string of the molecule is CCOCCC1(CNC(=NC)NCC(C)C)CC1. The third kappa shape index (κ3) is 5.71. The molecule has 0 amide bonds. The number of hydrogen-bond acceptors (Lipinski definition) is 2. The summed E-state index contributed by atoms with van der Waals surface area (Å²) in [6.07, 6.45) is 3.79. The van der Waals surface area contributed by atoms with Crippen LogP contribution in [0.5, 0.6) is 0 Å². The predicted octanol–water partition coefficient (Wildman–Crippen LogP) is 2.01. The minimum absolute atomic E-state index is 0.463. The summed E-state index contributed by atoms with van der Waals surface area (Å²) in [6, 6.07) is 0. The molecule has 0 radical (unpaired) electrons. The van der Waals surface area contributed by atoms with Gasteiger partial charge < -0.3 is 15.4 Å². The Kier molecular flexibility index (Phi) is 6.47. The monoisotopic (exact) mass is 255 g/mol. The van der Waals surface area contributed by atoms with Crippen molar-refractivity contribution in [2.45, 2.75) is 40.0 Å². The molecule has 0 spiro atoms. The van der Waals surface area contributed by atoms with Crippen molar-refractivity contribution in [2.24, 2.45) is 16.3 Å². The van der Waals surface area contributed by atoms with Crippen LogP contribution in [0.2, 0.25) is 0 Å². The minimum Gasteiger partial charge on any atom is -0.382 e. The zero-order chi connectivity index (χ0) is 13.4. The van der Waals surface area contributed by atoms with Crippen LogP contribution in [0.1, 0.15) is 40.0 Å². The topological polar surface area (TPSA) is 45.6 Å². The molecule has 18 heavy (non-hydrogen) atoms. The van der Waals surface area contributed by atoms with Crippen molar-refractivity contribution in [2.75, 3.05) is 33.4 Å². The average Bonchev–Trinajstić information content (AvgIpc) is 3.10. The first-order chi connectivity index (χ1) is 8.62. The zero-order valence-electron chi connectivity index (χ0n) is 12.4. The van der Waals surface area contributed by atoms with E-state index >= 15 is 0 Å². The van der Waals surface area contributed by atoms with Gasteiger partial charge in [-0.1, -0.05) is 13.8 Å². The first kappa shape index (κ1) is 15.3. The molecule has 0 aromatic heterocycles. The Bertz CT molecular complexity index is 260. The van der Waals surface area contributed by atoms with Gasteiger partial charge in [0, 0.05) is 33.4 Å². The lowest BCUT2D eigenvalue weighted by atomic mass is 10.0. The fourth-order valence-electron chi connectivity index (χ4n) is 1.92. The van der Waals surface area contributed by atoms with Gasteiger partial charge in [-0.25, -0.2) is 0 Å². The molecular formula is C14H29N3O. The Balaban J connectivity index is 2.21. The highest BCUT2D eigenvalue weighted by Gasteiger charge is 2.41. The summed E-state index contributed by atoms with van der Waals surface area (Å²) in [5.41, 5.74) is 0.463. The van der Waals surface area contributed by atoms with Crippen LogP contribution in [0.25, 0.3) is 0 Å². The summed E-state index contributed by atoms with van der Waals surface area (Å²) in [5, 5.41) is 6.78. The summed E-state index contributed by atoms with van der Waals surface area (Å²) in [5.74, 6) is 1.56. The molecule has 1 aliphatic carbocycles. The number of hydrogen-bond donors (Lipinski definition) is 2. The van der Waals surface area contributed by atoms with Crippen molar-refractivity contribution >= 4 is 5.96 Å². The lowest BCUT2D eigenvalue weighted by Crippen LogP contribution is -2.41. The van der Waals surface area contributed by atoms with Gasteiger partial charge in [0.25, 0.3) is 0 Å². The number of nitrogens with one attached hydrogen (secondary N) is 2. The molecule has 0 atom stereocenters. The highest BCUT2D eigenvalue weighted by Crippen LogP contribution is 2.48. The summed E-state index contributed by atoms with van der Waals surface area (Å²) in [7, 11) is 1.83. The molecule has 0 saturated heterocycles. The molecule has 4 nitrogen and oxygen atoms in total. The van der Waals surface area contributed by atoms with Gasteiger partial charge in [0.1, 0.15) is 0 Å². The van der Waals surface area contributed by atoms with E-state index in [4.69, 9.17) is 4.74 Å². The van der Waals surface area contributed by atoms with Crippen LogP contribution in [0.3, 0.4) is 0 Å². The van der Waals surface area contributed by atoms with Gasteiger partial charge >= 0.3 is 0 Å². The Morgan fingerprint density at radius 3 is 2.56 bits per heavy atom. The van der Waals surface area contributed by atoms with Crippen LogP contribution in [0.4, 0.5) is 0 Å². The maximum absolute atomic E-state index is 5.45. The molecule has 0 bridgehead atoms. The van der Waals surface area contributed by atoms with Gasteiger partial charge in [0.2, 0.25) is 0 Å². The molecule has 1 rings (SSSR count). The van der Waals surface area contributed by atoms with E-state index in [1.807, 2.05) is 7.05 Å². The van der Waals surface area contributed by atoms with E-state index in [0.29, 0.717) is 11.3 Å². The van der Waals surface area contributed by atoms with E-state index in [-0.39, 0.29) is 0 Å². The van der Waals surface area contributed by atoms with Crippen molar-refractivity contribution < 1.29 is 4.74 Å². The molecule has 106 valence electrons. The van der Waals surface area contributed by atoms with Crippen molar-refractivity contribution in [3.8, 4) is 0 Å². The van der Waals surface area contributed by atoms with Crippen molar-refractivity contribution in [1.29, 1.82) is 0 Å². The van der Waals surface area contributed by atoms with E-state index in [2.05, 4.69) is 36.4 Å². The van der Waals surface area contributed by atoms with Gasteiger partial charge in [-0.3, -0.25) is 4.99 Å². The first-order valence-corrected chi connectivity index (χ1v) is 7.14. The van der Waals surface area contributed by atoms with Crippen molar-refractivity contribution in [3.63, 3.8) is 0 Å². The average molecular weight is 255 g/mol. The summed E-state index contributed by atoms with van der Waals surface area (Å²) >= 11 is 0. The van der Waals surface area contributed by atoms with Crippen LogP contribution in [-0.4, -0.2) is 39.3 Å². The summed E-state index contributed by atoms with van der Waals surface area (Å²) < 4.78 is 5.45. The van der Waals surface area contributed by atoms with Crippen LogP contribution in [-0.2, 0) is 4.74 Å². The molecule has 0 aliphatic heterocycles. The van der Waals surface area contributed by atoms with Crippen LogP contribution in [0.15, 0.2) is 4.99 Å². The van der Waals surface area contributed by atoms with Crippen LogP contribution >= 0.6 is 0 Å². The molecule has 0 aromatic rings. The van der Waals surface area contributed by atoms with Crippen molar-refractivity contribution in [3.05, 3.63) is 0 Å². The number of ether oxygens (including phenoxy) is 1. The standard InChI is InChI=1S/C14H29N3O/c1-5-18-9-8-14(6-7-14)11-17-13(15-4)16-10-12(2)3/h12H,5-11H2,1-4H3,(H2,15,16,17). The minimum atomic E-state index is 0.463. The Hall–Kier alpha value is -0.770. The van der Waals surface area contributed by atoms with E-state index in [1.54, 1.807) is 0 Å². The lowest BCUT2D eigenvalue weighted by molar-refractivity contribution is 0.128. The third-order valence-corrected chi connectivity index (χ3v) is 3.47.